The molecule has 1 heterocycles. The molecule has 0 fully saturated rings. The first-order valence-electron chi connectivity index (χ1n) is 6.34. The van der Waals surface area contributed by atoms with Crippen molar-refractivity contribution >= 4 is 17.4 Å². The molecule has 0 spiro atoms. The van der Waals surface area contributed by atoms with Crippen LogP contribution >= 0.6 is 11.6 Å². The van der Waals surface area contributed by atoms with E-state index in [-0.39, 0.29) is 5.41 Å². The molecule has 0 saturated carbocycles. The van der Waals surface area contributed by atoms with Gasteiger partial charge >= 0.3 is 0 Å². The van der Waals surface area contributed by atoms with Gasteiger partial charge in [-0.25, -0.2) is 4.68 Å². The van der Waals surface area contributed by atoms with E-state index in [1.807, 2.05) is 19.1 Å². The summed E-state index contributed by atoms with van der Waals surface area (Å²) in [6.45, 7) is 10.3. The molecule has 102 valence electrons. The summed E-state index contributed by atoms with van der Waals surface area (Å²) in [4.78, 5) is 0. The molecule has 0 bridgehead atoms. The highest BCUT2D eigenvalue weighted by atomic mass is 35.5. The van der Waals surface area contributed by atoms with E-state index in [0.29, 0.717) is 10.8 Å². The zero-order valence-corrected chi connectivity index (χ0v) is 12.8. The third-order valence-corrected chi connectivity index (χ3v) is 3.52. The number of aryl methyl sites for hydroxylation is 2. The van der Waals surface area contributed by atoms with Crippen molar-refractivity contribution in [2.24, 2.45) is 0 Å². The molecular formula is C15H20ClN3. The first-order chi connectivity index (χ1) is 8.71. The van der Waals surface area contributed by atoms with Gasteiger partial charge in [0.05, 0.1) is 11.4 Å². The third kappa shape index (κ3) is 2.47. The van der Waals surface area contributed by atoms with E-state index in [0.717, 1.165) is 16.9 Å². The molecule has 1 aromatic heterocycles. The van der Waals surface area contributed by atoms with Gasteiger partial charge in [0, 0.05) is 5.41 Å². The minimum absolute atomic E-state index is 0.130. The molecule has 19 heavy (non-hydrogen) atoms. The summed E-state index contributed by atoms with van der Waals surface area (Å²) in [7, 11) is 0. The Kier molecular flexibility index (Phi) is 3.35. The van der Waals surface area contributed by atoms with Crippen LogP contribution < -0.4 is 5.73 Å². The quantitative estimate of drug-likeness (QED) is 0.855. The van der Waals surface area contributed by atoms with Gasteiger partial charge in [-0.2, -0.15) is 5.10 Å². The van der Waals surface area contributed by atoms with Gasteiger partial charge in [-0.05, 0) is 25.5 Å². The molecule has 0 aliphatic carbocycles. The number of rotatable bonds is 1. The first-order valence-corrected chi connectivity index (χ1v) is 6.71. The molecule has 0 radical (unpaired) electrons. The molecule has 0 aliphatic rings. The number of anilines is 1. The lowest BCUT2D eigenvalue weighted by molar-refractivity contribution is 0.560. The smallest absolute Gasteiger partial charge is 0.146 e. The lowest BCUT2D eigenvalue weighted by atomic mass is 9.92. The Hall–Kier alpha value is -1.48. The van der Waals surface area contributed by atoms with Crippen LogP contribution in [0.25, 0.3) is 5.69 Å². The number of nitrogens with zero attached hydrogens (tertiary/aromatic N) is 2. The summed E-state index contributed by atoms with van der Waals surface area (Å²) in [6, 6.07) is 6.19. The van der Waals surface area contributed by atoms with Gasteiger partial charge in [-0.3, -0.25) is 0 Å². The highest BCUT2D eigenvalue weighted by Gasteiger charge is 2.25. The predicted octanol–water partition coefficient (Wildman–Crippen LogP) is 4.02. The number of benzene rings is 1. The minimum Gasteiger partial charge on any atom is -0.382 e. The number of hydrogen-bond donors (Lipinski definition) is 1. The molecule has 2 aromatic rings. The average Bonchev–Trinajstić information content (AvgIpc) is 2.56. The topological polar surface area (TPSA) is 43.8 Å². The van der Waals surface area contributed by atoms with Crippen LogP contribution in [-0.2, 0) is 5.41 Å². The molecule has 0 aliphatic heterocycles. The van der Waals surface area contributed by atoms with Crippen LogP contribution in [0.3, 0.4) is 0 Å². The van der Waals surface area contributed by atoms with Crippen molar-refractivity contribution in [2.45, 2.75) is 40.0 Å². The Morgan fingerprint density at radius 1 is 1.21 bits per heavy atom. The molecular weight excluding hydrogens is 258 g/mol. The molecule has 3 nitrogen and oxygen atoms in total. The summed E-state index contributed by atoms with van der Waals surface area (Å²) in [5, 5.41) is 5.15. The van der Waals surface area contributed by atoms with Crippen LogP contribution in [0.2, 0.25) is 5.02 Å². The van der Waals surface area contributed by atoms with Crippen molar-refractivity contribution in [3.63, 3.8) is 0 Å². The Bertz CT molecular complexity index is 621. The number of halogens is 1. The SMILES string of the molecule is Cc1ccc(-n2nc(C(C)(C)C)c(Cl)c2N)c(C)c1. The Morgan fingerprint density at radius 3 is 2.32 bits per heavy atom. The highest BCUT2D eigenvalue weighted by molar-refractivity contribution is 6.33. The van der Waals surface area contributed by atoms with Crippen molar-refractivity contribution in [3.05, 3.63) is 40.0 Å². The predicted molar refractivity (Wildman–Crippen MR) is 81.2 cm³/mol. The average molecular weight is 278 g/mol. The Morgan fingerprint density at radius 2 is 1.84 bits per heavy atom. The summed E-state index contributed by atoms with van der Waals surface area (Å²) in [5.41, 5.74) is 10.1. The summed E-state index contributed by atoms with van der Waals surface area (Å²) >= 11 is 6.32. The summed E-state index contributed by atoms with van der Waals surface area (Å²) < 4.78 is 1.73. The van der Waals surface area contributed by atoms with Crippen molar-refractivity contribution < 1.29 is 0 Å². The maximum atomic E-state index is 6.32. The zero-order chi connectivity index (χ0) is 14.4. The maximum Gasteiger partial charge on any atom is 0.146 e. The van der Waals surface area contributed by atoms with Gasteiger partial charge in [0.1, 0.15) is 10.8 Å². The van der Waals surface area contributed by atoms with Gasteiger partial charge in [0.15, 0.2) is 0 Å². The fourth-order valence-electron chi connectivity index (χ4n) is 2.12. The largest absolute Gasteiger partial charge is 0.382 e. The molecule has 2 rings (SSSR count). The second-order valence-corrected chi connectivity index (χ2v) is 6.38. The van der Waals surface area contributed by atoms with Crippen LogP contribution in [-0.4, -0.2) is 9.78 Å². The number of nitrogens with two attached hydrogens (primary N) is 1. The minimum atomic E-state index is -0.130. The van der Waals surface area contributed by atoms with E-state index in [9.17, 15) is 0 Å². The molecule has 0 amide bonds. The fourth-order valence-corrected chi connectivity index (χ4v) is 2.52. The van der Waals surface area contributed by atoms with E-state index < -0.39 is 0 Å². The second-order valence-electron chi connectivity index (χ2n) is 6.00. The van der Waals surface area contributed by atoms with Gasteiger partial charge in [0.2, 0.25) is 0 Å². The van der Waals surface area contributed by atoms with Crippen LogP contribution in [0.15, 0.2) is 18.2 Å². The molecule has 0 unspecified atom stereocenters. The molecule has 4 heteroatoms. The van der Waals surface area contributed by atoms with E-state index in [2.05, 4.69) is 38.9 Å². The number of hydrogen-bond acceptors (Lipinski definition) is 2. The van der Waals surface area contributed by atoms with Crippen molar-refractivity contribution in [3.8, 4) is 5.69 Å². The lowest BCUT2D eigenvalue weighted by Crippen LogP contribution is -2.13. The monoisotopic (exact) mass is 277 g/mol. The second kappa shape index (κ2) is 4.57. The van der Waals surface area contributed by atoms with Gasteiger partial charge in [-0.1, -0.05) is 50.1 Å². The first kappa shape index (κ1) is 13.9. The van der Waals surface area contributed by atoms with E-state index in [1.54, 1.807) is 4.68 Å². The number of aromatic nitrogens is 2. The third-order valence-electron chi connectivity index (χ3n) is 3.15. The van der Waals surface area contributed by atoms with Gasteiger partial charge in [-0.15, -0.1) is 0 Å². The van der Waals surface area contributed by atoms with Crippen LogP contribution in [0, 0.1) is 13.8 Å². The highest BCUT2D eigenvalue weighted by Crippen LogP contribution is 2.34. The molecule has 1 aromatic carbocycles. The van der Waals surface area contributed by atoms with E-state index in [1.165, 1.54) is 5.56 Å². The maximum absolute atomic E-state index is 6.32. The Balaban J connectivity index is 2.64. The van der Waals surface area contributed by atoms with Crippen LogP contribution in [0.4, 0.5) is 5.82 Å². The molecule has 2 N–H and O–H groups in total. The zero-order valence-electron chi connectivity index (χ0n) is 12.1. The lowest BCUT2D eigenvalue weighted by Gasteiger charge is -2.15. The van der Waals surface area contributed by atoms with Crippen LogP contribution in [0.5, 0.6) is 0 Å². The Labute approximate surface area is 119 Å². The number of nitrogen functional groups attached to an aromatic ring is 1. The van der Waals surface area contributed by atoms with E-state index in [4.69, 9.17) is 17.3 Å². The van der Waals surface area contributed by atoms with Gasteiger partial charge < -0.3 is 5.73 Å². The molecule has 0 atom stereocenters. The van der Waals surface area contributed by atoms with Crippen LogP contribution in [0.1, 0.15) is 37.6 Å². The summed E-state index contributed by atoms with van der Waals surface area (Å²) in [5.74, 6) is 0.499. The summed E-state index contributed by atoms with van der Waals surface area (Å²) in [6.07, 6.45) is 0. The fraction of sp³-hybridized carbons (Fsp3) is 0.400. The van der Waals surface area contributed by atoms with Gasteiger partial charge in [0.25, 0.3) is 0 Å². The van der Waals surface area contributed by atoms with Crippen molar-refractivity contribution in [1.29, 1.82) is 0 Å². The van der Waals surface area contributed by atoms with Crippen molar-refractivity contribution in [2.75, 3.05) is 5.73 Å². The molecule has 0 saturated heterocycles. The van der Waals surface area contributed by atoms with Crippen molar-refractivity contribution in [1.82, 2.24) is 9.78 Å². The van der Waals surface area contributed by atoms with E-state index >= 15 is 0 Å². The standard InChI is InChI=1S/C15H20ClN3/c1-9-6-7-11(10(2)8-9)19-14(17)12(16)13(18-19)15(3,4)5/h6-8H,17H2,1-5H3. The normalized spacial score (nSPS) is 11.9.